The third-order valence-corrected chi connectivity index (χ3v) is 5.85. The quantitative estimate of drug-likeness (QED) is 0.759. The maximum absolute atomic E-state index is 12.5. The number of carbonyl (C=O) groups excluding carboxylic acids is 2. The molecule has 0 spiro atoms. The van der Waals surface area contributed by atoms with Gasteiger partial charge in [-0.15, -0.1) is 0 Å². The summed E-state index contributed by atoms with van der Waals surface area (Å²) < 4.78 is 0. The van der Waals surface area contributed by atoms with Crippen LogP contribution in [-0.2, 0) is 9.59 Å². The second kappa shape index (κ2) is 9.53. The first kappa shape index (κ1) is 18.6. The second-order valence-electron chi connectivity index (χ2n) is 7.79. The number of hydrogen-bond acceptors (Lipinski definition) is 4. The molecule has 0 aromatic rings. The minimum absolute atomic E-state index is 0.286. The van der Waals surface area contributed by atoms with Crippen LogP contribution in [0.15, 0.2) is 0 Å². The Morgan fingerprint density at radius 1 is 0.480 bits per heavy atom. The van der Waals surface area contributed by atoms with Gasteiger partial charge in [-0.3, -0.25) is 19.4 Å². The highest BCUT2D eigenvalue weighted by molar-refractivity contribution is 5.79. The maximum Gasteiger partial charge on any atom is 0.236 e. The fourth-order valence-electron chi connectivity index (χ4n) is 4.15. The van der Waals surface area contributed by atoms with Crippen LogP contribution < -0.4 is 0 Å². The fourth-order valence-corrected chi connectivity index (χ4v) is 4.15. The third kappa shape index (κ3) is 5.68. The normalized spacial score (nSPS) is 24.2. The Bertz CT molecular complexity index is 435. The van der Waals surface area contributed by atoms with Gasteiger partial charge in [-0.25, -0.2) is 0 Å². The van der Waals surface area contributed by atoms with Gasteiger partial charge in [0, 0.05) is 52.4 Å². The van der Waals surface area contributed by atoms with Gasteiger partial charge in [0.25, 0.3) is 0 Å². The number of piperazine rings is 1. The first-order valence-corrected chi connectivity index (χ1v) is 10.2. The predicted molar refractivity (Wildman–Crippen MR) is 98.4 cm³/mol. The smallest absolute Gasteiger partial charge is 0.236 e. The van der Waals surface area contributed by atoms with Gasteiger partial charge in [-0.2, -0.15) is 0 Å². The van der Waals surface area contributed by atoms with Gasteiger partial charge >= 0.3 is 0 Å². The lowest BCUT2D eigenvalue weighted by atomic mass is 10.1. The summed E-state index contributed by atoms with van der Waals surface area (Å²) in [7, 11) is 0. The average Bonchev–Trinajstić information content (AvgIpc) is 2.93. The molecule has 25 heavy (non-hydrogen) atoms. The zero-order valence-corrected chi connectivity index (χ0v) is 15.6. The van der Waals surface area contributed by atoms with Crippen LogP contribution >= 0.6 is 0 Å². The summed E-state index contributed by atoms with van der Waals surface area (Å²) in [6.07, 6.45) is 8.38. The molecule has 0 aromatic carbocycles. The van der Waals surface area contributed by atoms with Crippen LogP contribution in [0.2, 0.25) is 0 Å². The van der Waals surface area contributed by atoms with Crippen molar-refractivity contribution >= 4 is 11.8 Å². The Balaban J connectivity index is 1.36. The van der Waals surface area contributed by atoms with E-state index >= 15 is 0 Å². The van der Waals surface area contributed by atoms with Crippen LogP contribution in [0.4, 0.5) is 0 Å². The SMILES string of the molecule is O=C(CN1CCN(CC(=O)N2CCCCC2)CC1)N1CCCCCC1. The Hall–Kier alpha value is -1.14. The van der Waals surface area contributed by atoms with Crippen LogP contribution in [0.1, 0.15) is 44.9 Å². The van der Waals surface area contributed by atoms with E-state index < -0.39 is 0 Å². The number of rotatable bonds is 4. The van der Waals surface area contributed by atoms with Gasteiger partial charge in [-0.1, -0.05) is 12.8 Å². The summed E-state index contributed by atoms with van der Waals surface area (Å²) in [4.78, 5) is 33.5. The lowest BCUT2D eigenvalue weighted by Gasteiger charge is -2.36. The molecule has 2 amide bonds. The molecular weight excluding hydrogens is 316 g/mol. The Morgan fingerprint density at radius 3 is 1.16 bits per heavy atom. The van der Waals surface area contributed by atoms with Crippen molar-refractivity contribution in [2.75, 3.05) is 65.4 Å². The van der Waals surface area contributed by atoms with Crippen molar-refractivity contribution in [2.24, 2.45) is 0 Å². The van der Waals surface area contributed by atoms with Crippen molar-refractivity contribution in [3.63, 3.8) is 0 Å². The molecule has 3 fully saturated rings. The van der Waals surface area contributed by atoms with E-state index in [0.29, 0.717) is 19.0 Å². The van der Waals surface area contributed by atoms with Crippen LogP contribution in [0.5, 0.6) is 0 Å². The molecule has 0 bridgehead atoms. The molecule has 6 nitrogen and oxygen atoms in total. The first-order valence-electron chi connectivity index (χ1n) is 10.2. The minimum atomic E-state index is 0.286. The Labute approximate surface area is 152 Å². The van der Waals surface area contributed by atoms with Crippen LogP contribution in [0.3, 0.4) is 0 Å². The number of hydrogen-bond donors (Lipinski definition) is 0. The average molecular weight is 351 g/mol. The maximum atomic E-state index is 12.5. The molecule has 142 valence electrons. The van der Waals surface area contributed by atoms with Crippen molar-refractivity contribution in [1.82, 2.24) is 19.6 Å². The van der Waals surface area contributed by atoms with Gasteiger partial charge < -0.3 is 9.80 Å². The summed E-state index contributed by atoms with van der Waals surface area (Å²) in [5.41, 5.74) is 0. The lowest BCUT2D eigenvalue weighted by Crippen LogP contribution is -2.52. The molecule has 3 rings (SSSR count). The first-order chi connectivity index (χ1) is 12.2. The van der Waals surface area contributed by atoms with Gasteiger partial charge in [0.1, 0.15) is 0 Å². The van der Waals surface area contributed by atoms with Crippen LogP contribution in [0.25, 0.3) is 0 Å². The molecule has 3 heterocycles. The van der Waals surface area contributed by atoms with Gasteiger partial charge in [0.15, 0.2) is 0 Å². The summed E-state index contributed by atoms with van der Waals surface area (Å²) in [5.74, 6) is 0.577. The number of nitrogens with zero attached hydrogens (tertiary/aromatic N) is 4. The molecule has 0 aliphatic carbocycles. The number of piperidine rings is 1. The summed E-state index contributed by atoms with van der Waals surface area (Å²) in [5, 5.41) is 0. The van der Waals surface area contributed by atoms with Crippen molar-refractivity contribution in [3.8, 4) is 0 Å². The molecule has 0 saturated carbocycles. The molecule has 0 N–H and O–H groups in total. The highest BCUT2D eigenvalue weighted by Gasteiger charge is 2.25. The van der Waals surface area contributed by atoms with Gasteiger partial charge in [-0.05, 0) is 32.1 Å². The van der Waals surface area contributed by atoms with Gasteiger partial charge in [0.05, 0.1) is 13.1 Å². The van der Waals surface area contributed by atoms with Crippen molar-refractivity contribution in [2.45, 2.75) is 44.9 Å². The van der Waals surface area contributed by atoms with E-state index in [2.05, 4.69) is 14.7 Å². The van der Waals surface area contributed by atoms with E-state index in [-0.39, 0.29) is 5.91 Å². The molecule has 0 radical (unpaired) electrons. The molecule has 0 aromatic heterocycles. The molecule has 3 saturated heterocycles. The molecule has 0 unspecified atom stereocenters. The summed E-state index contributed by atoms with van der Waals surface area (Å²) in [6, 6.07) is 0. The lowest BCUT2D eigenvalue weighted by molar-refractivity contribution is -0.135. The minimum Gasteiger partial charge on any atom is -0.342 e. The number of carbonyl (C=O) groups is 2. The van der Waals surface area contributed by atoms with E-state index in [9.17, 15) is 9.59 Å². The molecule has 6 heteroatoms. The van der Waals surface area contributed by atoms with E-state index in [1.807, 2.05) is 4.90 Å². The molecular formula is C19H34N4O2. The van der Waals surface area contributed by atoms with E-state index in [1.165, 1.54) is 19.3 Å². The van der Waals surface area contributed by atoms with Crippen molar-refractivity contribution in [3.05, 3.63) is 0 Å². The Kier molecular flexibility index (Phi) is 7.11. The summed E-state index contributed by atoms with van der Waals surface area (Å²) >= 11 is 0. The zero-order chi connectivity index (χ0) is 17.5. The second-order valence-corrected chi connectivity index (χ2v) is 7.79. The molecule has 0 atom stereocenters. The fraction of sp³-hybridized carbons (Fsp3) is 0.895. The van der Waals surface area contributed by atoms with Crippen LogP contribution in [0, 0.1) is 0 Å². The van der Waals surface area contributed by atoms with Crippen molar-refractivity contribution in [1.29, 1.82) is 0 Å². The number of amides is 2. The summed E-state index contributed by atoms with van der Waals surface area (Å²) in [6.45, 7) is 8.42. The van der Waals surface area contributed by atoms with Crippen molar-refractivity contribution < 1.29 is 9.59 Å². The highest BCUT2D eigenvalue weighted by Crippen LogP contribution is 2.12. The molecule has 3 aliphatic heterocycles. The van der Waals surface area contributed by atoms with E-state index in [4.69, 9.17) is 0 Å². The van der Waals surface area contributed by atoms with E-state index in [0.717, 1.165) is 78.0 Å². The predicted octanol–water partition coefficient (Wildman–Crippen LogP) is 1.02. The third-order valence-electron chi connectivity index (χ3n) is 5.85. The monoisotopic (exact) mass is 350 g/mol. The van der Waals surface area contributed by atoms with E-state index in [1.54, 1.807) is 0 Å². The number of likely N-dealkylation sites (tertiary alicyclic amines) is 2. The standard InChI is InChI=1S/C19H34N4O2/c24-18(22-8-4-1-2-5-9-22)16-20-12-14-21(15-13-20)17-19(25)23-10-6-3-7-11-23/h1-17H2. The van der Waals surface area contributed by atoms with Crippen LogP contribution in [-0.4, -0.2) is 96.9 Å². The molecule has 3 aliphatic rings. The van der Waals surface area contributed by atoms with Gasteiger partial charge in [0.2, 0.25) is 11.8 Å². The zero-order valence-electron chi connectivity index (χ0n) is 15.6. The Morgan fingerprint density at radius 2 is 0.800 bits per heavy atom. The highest BCUT2D eigenvalue weighted by atomic mass is 16.2. The largest absolute Gasteiger partial charge is 0.342 e. The topological polar surface area (TPSA) is 47.1 Å².